The van der Waals surface area contributed by atoms with Crippen LogP contribution in [0.15, 0.2) is 84.9 Å². The lowest BCUT2D eigenvalue weighted by Crippen LogP contribution is -2.26. The molecule has 2 heteroatoms. The summed E-state index contributed by atoms with van der Waals surface area (Å²) >= 11 is 0. The van der Waals surface area contributed by atoms with Crippen molar-refractivity contribution in [1.82, 2.24) is 4.90 Å². The normalized spacial score (nSPS) is 24.2. The lowest BCUT2D eigenvalue weighted by atomic mass is 9.95. The van der Waals surface area contributed by atoms with Crippen molar-refractivity contribution < 1.29 is 4.79 Å². The molecule has 3 aromatic carbocycles. The fraction of sp³-hybridized carbons (Fsp3) is 0.296. The van der Waals surface area contributed by atoms with Gasteiger partial charge in [0, 0.05) is 11.6 Å². The van der Waals surface area contributed by atoms with Crippen LogP contribution in [0.5, 0.6) is 0 Å². The molecule has 2 nitrogen and oxygen atoms in total. The van der Waals surface area contributed by atoms with Crippen LogP contribution in [0.1, 0.15) is 54.1 Å². The summed E-state index contributed by atoms with van der Waals surface area (Å²) < 4.78 is 0. The van der Waals surface area contributed by atoms with Crippen LogP contribution >= 0.6 is 0 Å². The Morgan fingerprint density at radius 1 is 0.690 bits per heavy atom. The number of carbonyl (C=O) groups excluding carboxylic acids is 1. The Kier molecular flexibility index (Phi) is 5.03. The number of benzene rings is 3. The van der Waals surface area contributed by atoms with Crippen molar-refractivity contribution in [2.45, 2.75) is 50.2 Å². The maximum Gasteiger partial charge on any atom is 0.181 e. The van der Waals surface area contributed by atoms with Crippen molar-refractivity contribution >= 4 is 5.78 Å². The lowest BCUT2D eigenvalue weighted by molar-refractivity contribution is 0.0963. The minimum Gasteiger partial charge on any atom is -0.292 e. The zero-order chi connectivity index (χ0) is 19.6. The predicted octanol–water partition coefficient (Wildman–Crippen LogP) is 6.29. The van der Waals surface area contributed by atoms with Crippen molar-refractivity contribution in [2.24, 2.45) is 0 Å². The SMILES string of the molecule is O=C(c1ccc(-c2ccccc2)cc1)[C@@H]1[C@@H](c2ccccc2)N1C1CCCCC1. The molecular formula is C27H27NO. The van der Waals surface area contributed by atoms with Gasteiger partial charge >= 0.3 is 0 Å². The maximum atomic E-state index is 13.4. The van der Waals surface area contributed by atoms with Crippen LogP contribution in [-0.2, 0) is 0 Å². The summed E-state index contributed by atoms with van der Waals surface area (Å²) in [7, 11) is 0. The summed E-state index contributed by atoms with van der Waals surface area (Å²) in [5.41, 5.74) is 4.44. The summed E-state index contributed by atoms with van der Waals surface area (Å²) in [5.74, 6) is 0.268. The van der Waals surface area contributed by atoms with Crippen LogP contribution in [-0.4, -0.2) is 22.8 Å². The minimum absolute atomic E-state index is 0.0110. The van der Waals surface area contributed by atoms with Gasteiger partial charge < -0.3 is 0 Å². The zero-order valence-corrected chi connectivity index (χ0v) is 16.7. The van der Waals surface area contributed by atoms with Crippen molar-refractivity contribution in [2.75, 3.05) is 0 Å². The minimum atomic E-state index is -0.0110. The second-order valence-corrected chi connectivity index (χ2v) is 8.35. The third-order valence-corrected chi connectivity index (χ3v) is 6.53. The van der Waals surface area contributed by atoms with Gasteiger partial charge in [0.1, 0.15) is 0 Å². The smallest absolute Gasteiger partial charge is 0.181 e. The van der Waals surface area contributed by atoms with Crippen molar-refractivity contribution in [3.63, 3.8) is 0 Å². The molecule has 0 bridgehead atoms. The summed E-state index contributed by atoms with van der Waals surface area (Å²) in [5, 5.41) is 0. The highest BCUT2D eigenvalue weighted by atomic mass is 16.1. The molecular weight excluding hydrogens is 354 g/mol. The number of hydrogen-bond donors (Lipinski definition) is 0. The largest absolute Gasteiger partial charge is 0.292 e. The van der Waals surface area contributed by atoms with Gasteiger partial charge in [-0.1, -0.05) is 104 Å². The van der Waals surface area contributed by atoms with E-state index < -0.39 is 0 Å². The highest BCUT2D eigenvalue weighted by molar-refractivity contribution is 6.03. The van der Waals surface area contributed by atoms with E-state index in [1.54, 1.807) is 0 Å². The standard InChI is InChI=1S/C27H27NO/c29-27(23-18-16-21(17-19-23)20-10-4-1-5-11-20)26-25(22-12-6-2-7-13-22)28(26)24-14-8-3-9-15-24/h1-2,4-7,10-13,16-19,24-26H,3,8-9,14-15H2/t25-,26+,28?/m1/s1. The van der Waals surface area contributed by atoms with Crippen LogP contribution in [0.25, 0.3) is 11.1 Å². The molecule has 0 aromatic heterocycles. The fourth-order valence-electron chi connectivity index (χ4n) is 4.99. The molecule has 2 aliphatic rings. The first-order chi connectivity index (χ1) is 14.3. The van der Waals surface area contributed by atoms with Gasteiger partial charge in [-0.25, -0.2) is 0 Å². The molecule has 1 aliphatic carbocycles. The van der Waals surface area contributed by atoms with Crippen LogP contribution in [0.4, 0.5) is 0 Å². The Morgan fingerprint density at radius 2 is 1.28 bits per heavy atom. The number of rotatable bonds is 5. The number of hydrogen-bond acceptors (Lipinski definition) is 2. The molecule has 1 heterocycles. The molecule has 0 amide bonds. The molecule has 0 N–H and O–H groups in total. The monoisotopic (exact) mass is 381 g/mol. The van der Waals surface area contributed by atoms with E-state index in [9.17, 15) is 4.79 Å². The quantitative estimate of drug-likeness (QED) is 0.382. The Balaban J connectivity index is 1.39. The molecule has 1 saturated carbocycles. The van der Waals surface area contributed by atoms with E-state index in [0.29, 0.717) is 6.04 Å². The van der Waals surface area contributed by atoms with E-state index in [1.807, 2.05) is 30.3 Å². The molecule has 5 rings (SSSR count). The van der Waals surface area contributed by atoms with Gasteiger partial charge in [-0.3, -0.25) is 9.69 Å². The molecule has 0 spiro atoms. The number of ketones is 1. The molecule has 146 valence electrons. The lowest BCUT2D eigenvalue weighted by Gasteiger charge is -2.24. The van der Waals surface area contributed by atoms with Crippen LogP contribution in [0, 0.1) is 0 Å². The molecule has 2 fully saturated rings. The van der Waals surface area contributed by atoms with E-state index in [2.05, 4.69) is 59.5 Å². The highest BCUT2D eigenvalue weighted by Gasteiger charge is 2.55. The van der Waals surface area contributed by atoms with Crippen molar-refractivity contribution in [3.05, 3.63) is 96.1 Å². The summed E-state index contributed by atoms with van der Waals surface area (Å²) in [6.45, 7) is 0. The van der Waals surface area contributed by atoms with Gasteiger partial charge in [0.15, 0.2) is 5.78 Å². The average Bonchev–Trinajstić information content (AvgIpc) is 3.56. The van der Waals surface area contributed by atoms with Crippen molar-refractivity contribution in [1.29, 1.82) is 0 Å². The zero-order valence-electron chi connectivity index (χ0n) is 16.7. The number of nitrogens with zero attached hydrogens (tertiary/aromatic N) is 1. The van der Waals surface area contributed by atoms with E-state index in [4.69, 9.17) is 0 Å². The third kappa shape index (κ3) is 3.65. The van der Waals surface area contributed by atoms with E-state index >= 15 is 0 Å². The van der Waals surface area contributed by atoms with Gasteiger partial charge in [-0.15, -0.1) is 0 Å². The Morgan fingerprint density at radius 3 is 1.93 bits per heavy atom. The second-order valence-electron chi connectivity index (χ2n) is 8.35. The molecule has 1 saturated heterocycles. The van der Waals surface area contributed by atoms with Crippen LogP contribution < -0.4 is 0 Å². The Bertz CT molecular complexity index is 958. The van der Waals surface area contributed by atoms with E-state index in [-0.39, 0.29) is 17.9 Å². The van der Waals surface area contributed by atoms with Gasteiger partial charge in [0.2, 0.25) is 0 Å². The summed E-state index contributed by atoms with van der Waals surface area (Å²) in [6.07, 6.45) is 6.35. The van der Waals surface area contributed by atoms with E-state index in [0.717, 1.165) is 11.1 Å². The first-order valence-corrected chi connectivity index (χ1v) is 10.8. The molecule has 3 aromatic rings. The Labute approximate surface area is 173 Å². The molecule has 29 heavy (non-hydrogen) atoms. The number of carbonyl (C=O) groups is 1. The van der Waals surface area contributed by atoms with Gasteiger partial charge in [-0.2, -0.15) is 0 Å². The van der Waals surface area contributed by atoms with Crippen LogP contribution in [0.2, 0.25) is 0 Å². The fourth-order valence-corrected chi connectivity index (χ4v) is 4.99. The summed E-state index contributed by atoms with van der Waals surface area (Å²) in [4.78, 5) is 15.9. The molecule has 0 radical (unpaired) electrons. The number of Topliss-reactive ketones (excluding diaryl/α,β-unsaturated/α-hetero) is 1. The topological polar surface area (TPSA) is 20.1 Å². The van der Waals surface area contributed by atoms with E-state index in [1.165, 1.54) is 43.2 Å². The second kappa shape index (κ2) is 7.96. The first kappa shape index (κ1) is 18.3. The highest BCUT2D eigenvalue weighted by Crippen LogP contribution is 2.49. The average molecular weight is 382 g/mol. The van der Waals surface area contributed by atoms with Crippen molar-refractivity contribution in [3.8, 4) is 11.1 Å². The van der Waals surface area contributed by atoms with Crippen LogP contribution in [0.3, 0.4) is 0 Å². The molecule has 3 atom stereocenters. The first-order valence-electron chi connectivity index (χ1n) is 10.8. The maximum absolute atomic E-state index is 13.4. The van der Waals surface area contributed by atoms with Gasteiger partial charge in [0.05, 0.1) is 12.1 Å². The predicted molar refractivity (Wildman–Crippen MR) is 118 cm³/mol. The molecule has 1 aliphatic heterocycles. The Hall–Kier alpha value is -2.71. The van der Waals surface area contributed by atoms with Gasteiger partial charge in [-0.05, 0) is 29.5 Å². The summed E-state index contributed by atoms with van der Waals surface area (Å²) in [6, 6.07) is 29.8. The molecule has 1 unspecified atom stereocenters. The van der Waals surface area contributed by atoms with Gasteiger partial charge in [0.25, 0.3) is 0 Å². The third-order valence-electron chi connectivity index (χ3n) is 6.53.